The molecule has 2 aromatic carbocycles. The van der Waals surface area contributed by atoms with Gasteiger partial charge in [0, 0.05) is 24.5 Å². The van der Waals surface area contributed by atoms with Crippen molar-refractivity contribution < 1.29 is 9.59 Å². The molecule has 2 atom stereocenters. The van der Waals surface area contributed by atoms with E-state index in [1.165, 1.54) is 11.1 Å². The molecule has 0 unspecified atom stereocenters. The van der Waals surface area contributed by atoms with Crippen molar-refractivity contribution >= 4 is 11.8 Å². The van der Waals surface area contributed by atoms with Crippen LogP contribution in [0.5, 0.6) is 0 Å². The highest BCUT2D eigenvalue weighted by atomic mass is 16.2. The molecule has 5 nitrogen and oxygen atoms in total. The van der Waals surface area contributed by atoms with Crippen LogP contribution < -0.4 is 5.32 Å². The third-order valence-corrected chi connectivity index (χ3v) is 7.21. The predicted octanol–water partition coefficient (Wildman–Crippen LogP) is 3.03. The van der Waals surface area contributed by atoms with Crippen molar-refractivity contribution in [3.05, 3.63) is 70.8 Å². The van der Waals surface area contributed by atoms with E-state index >= 15 is 0 Å². The minimum atomic E-state index is -0.482. The van der Waals surface area contributed by atoms with Gasteiger partial charge in [0.2, 0.25) is 0 Å². The molecule has 0 spiro atoms. The third-order valence-electron chi connectivity index (χ3n) is 7.21. The Morgan fingerprint density at radius 2 is 1.93 bits per heavy atom. The van der Waals surface area contributed by atoms with E-state index in [0.29, 0.717) is 30.5 Å². The number of amides is 2. The topological polar surface area (TPSA) is 73.2 Å². The minimum absolute atomic E-state index is 0.0281. The van der Waals surface area contributed by atoms with Gasteiger partial charge < -0.3 is 10.2 Å². The van der Waals surface area contributed by atoms with Crippen LogP contribution in [-0.2, 0) is 15.0 Å². The van der Waals surface area contributed by atoms with E-state index < -0.39 is 11.8 Å². The zero-order valence-electron chi connectivity index (χ0n) is 17.1. The predicted molar refractivity (Wildman–Crippen MR) is 113 cm³/mol. The third kappa shape index (κ3) is 3.17. The summed E-state index contributed by atoms with van der Waals surface area (Å²) in [4.78, 5) is 27.0. The number of nitrogens with one attached hydrogen (secondary N) is 1. The summed E-state index contributed by atoms with van der Waals surface area (Å²) in [7, 11) is 0. The lowest BCUT2D eigenvalue weighted by Gasteiger charge is -2.36. The Bertz CT molecular complexity index is 1050. The van der Waals surface area contributed by atoms with Crippen molar-refractivity contribution in [3.8, 4) is 6.07 Å². The smallest absolute Gasteiger partial charge is 0.311 e. The molecule has 0 radical (unpaired) electrons. The molecule has 2 amide bonds. The van der Waals surface area contributed by atoms with Crippen molar-refractivity contribution in [3.63, 3.8) is 0 Å². The molecule has 0 bridgehead atoms. The number of hydrogen-bond donors (Lipinski definition) is 1. The highest BCUT2D eigenvalue weighted by Gasteiger charge is 2.62. The quantitative estimate of drug-likeness (QED) is 0.807. The summed E-state index contributed by atoms with van der Waals surface area (Å²) in [6.45, 7) is 3.39. The monoisotopic (exact) mass is 399 g/mol. The number of rotatable bonds is 3. The summed E-state index contributed by atoms with van der Waals surface area (Å²) in [5.74, 6) is -0.0754. The van der Waals surface area contributed by atoms with E-state index in [-0.39, 0.29) is 11.5 Å². The number of nitriles is 1. The summed E-state index contributed by atoms with van der Waals surface area (Å²) in [5, 5.41) is 12.0. The number of carbonyl (C=O) groups excluding carboxylic acids is 2. The van der Waals surface area contributed by atoms with Gasteiger partial charge in [-0.1, -0.05) is 42.0 Å². The Labute approximate surface area is 176 Å². The average molecular weight is 399 g/mol. The summed E-state index contributed by atoms with van der Waals surface area (Å²) in [6, 6.07) is 18.4. The summed E-state index contributed by atoms with van der Waals surface area (Å²) < 4.78 is 0. The van der Waals surface area contributed by atoms with E-state index in [1.807, 2.05) is 18.2 Å². The van der Waals surface area contributed by atoms with E-state index in [4.69, 9.17) is 5.26 Å². The van der Waals surface area contributed by atoms with Gasteiger partial charge in [-0.25, -0.2) is 0 Å². The van der Waals surface area contributed by atoms with Gasteiger partial charge in [0.05, 0.1) is 11.6 Å². The molecule has 1 N–H and O–H groups in total. The zero-order valence-corrected chi connectivity index (χ0v) is 17.1. The molecule has 3 aliphatic rings. The Kier molecular flexibility index (Phi) is 4.39. The second-order valence-corrected chi connectivity index (χ2v) is 9.18. The molecule has 1 heterocycles. The fourth-order valence-electron chi connectivity index (χ4n) is 5.23. The van der Waals surface area contributed by atoms with Gasteiger partial charge in [0.25, 0.3) is 0 Å². The molecule has 152 valence electrons. The molecular formula is C25H25N3O2. The minimum Gasteiger partial charge on any atom is -0.345 e. The number of fused-ring (bicyclic) bond motifs is 1. The van der Waals surface area contributed by atoms with Crippen molar-refractivity contribution in [1.82, 2.24) is 10.2 Å². The highest BCUT2D eigenvalue weighted by molar-refractivity contribution is 6.35. The van der Waals surface area contributed by atoms with E-state index in [9.17, 15) is 9.59 Å². The van der Waals surface area contributed by atoms with Crippen LogP contribution in [0.3, 0.4) is 0 Å². The lowest BCUT2D eigenvalue weighted by atomic mass is 9.75. The van der Waals surface area contributed by atoms with Crippen LogP contribution in [0, 0.1) is 24.2 Å². The van der Waals surface area contributed by atoms with E-state index in [1.54, 1.807) is 11.0 Å². The maximum Gasteiger partial charge on any atom is 0.311 e. The van der Waals surface area contributed by atoms with Crippen LogP contribution in [0.4, 0.5) is 0 Å². The number of piperidine rings is 1. The fraction of sp³-hybridized carbons (Fsp3) is 0.400. The van der Waals surface area contributed by atoms with E-state index in [2.05, 4.69) is 42.6 Å². The first-order valence-corrected chi connectivity index (χ1v) is 10.7. The summed E-state index contributed by atoms with van der Waals surface area (Å²) in [5.41, 5.74) is 4.36. The Balaban J connectivity index is 1.15. The second-order valence-electron chi connectivity index (χ2n) is 9.18. The molecule has 1 aliphatic heterocycles. The molecule has 30 heavy (non-hydrogen) atoms. The van der Waals surface area contributed by atoms with Crippen molar-refractivity contribution in [2.75, 3.05) is 13.1 Å². The van der Waals surface area contributed by atoms with Crippen LogP contribution in [0.2, 0.25) is 0 Å². The molecule has 0 aromatic heterocycles. The first-order valence-electron chi connectivity index (χ1n) is 10.7. The maximum absolute atomic E-state index is 12.7. The number of benzene rings is 2. The van der Waals surface area contributed by atoms with Crippen LogP contribution in [0.1, 0.15) is 47.4 Å². The number of nitrogens with zero attached hydrogens (tertiary/aromatic N) is 2. The largest absolute Gasteiger partial charge is 0.345 e. The fourth-order valence-corrected chi connectivity index (χ4v) is 5.23. The Hall–Kier alpha value is -3.13. The zero-order chi connectivity index (χ0) is 20.9. The normalized spacial score (nSPS) is 28.8. The highest BCUT2D eigenvalue weighted by Crippen LogP contribution is 2.59. The van der Waals surface area contributed by atoms with Crippen LogP contribution >= 0.6 is 0 Å². The number of carbonyl (C=O) groups is 2. The molecule has 5 rings (SSSR count). The molecule has 2 saturated carbocycles. The van der Waals surface area contributed by atoms with Crippen LogP contribution in [-0.4, -0.2) is 35.8 Å². The van der Waals surface area contributed by atoms with Gasteiger partial charge in [0.15, 0.2) is 0 Å². The molecule has 3 fully saturated rings. The van der Waals surface area contributed by atoms with Gasteiger partial charge in [-0.15, -0.1) is 0 Å². The SMILES string of the molecule is Cc1ccc([C@]23C[C@H]2CN(C(=O)C(=O)NC2CC(c4cccc(C#N)c4)C2)C3)cc1. The average Bonchev–Trinajstić information content (AvgIpc) is 3.30. The van der Waals surface area contributed by atoms with E-state index in [0.717, 1.165) is 24.8 Å². The van der Waals surface area contributed by atoms with Gasteiger partial charge in [0.1, 0.15) is 0 Å². The van der Waals surface area contributed by atoms with Crippen molar-refractivity contribution in [2.45, 2.75) is 43.6 Å². The van der Waals surface area contributed by atoms with Crippen LogP contribution in [0.25, 0.3) is 0 Å². The lowest BCUT2D eigenvalue weighted by Crippen LogP contribution is -2.50. The lowest BCUT2D eigenvalue weighted by molar-refractivity contribution is -0.146. The van der Waals surface area contributed by atoms with Crippen LogP contribution in [0.15, 0.2) is 48.5 Å². The molecule has 2 aliphatic carbocycles. The van der Waals surface area contributed by atoms with Crippen molar-refractivity contribution in [1.29, 1.82) is 5.26 Å². The number of hydrogen-bond acceptors (Lipinski definition) is 3. The first kappa shape index (κ1) is 18.9. The van der Waals surface area contributed by atoms with Crippen molar-refractivity contribution in [2.24, 2.45) is 5.92 Å². The number of likely N-dealkylation sites (tertiary alicyclic amines) is 1. The molecule has 1 saturated heterocycles. The maximum atomic E-state index is 12.7. The van der Waals surface area contributed by atoms with Gasteiger partial charge >= 0.3 is 11.8 Å². The van der Waals surface area contributed by atoms with Gasteiger partial charge in [-0.3, -0.25) is 9.59 Å². The molecular weight excluding hydrogens is 374 g/mol. The summed E-state index contributed by atoms with van der Waals surface area (Å²) >= 11 is 0. The summed E-state index contributed by atoms with van der Waals surface area (Å²) in [6.07, 6.45) is 2.72. The second kappa shape index (κ2) is 6.98. The Morgan fingerprint density at radius 3 is 2.67 bits per heavy atom. The first-order chi connectivity index (χ1) is 14.5. The Morgan fingerprint density at radius 1 is 1.17 bits per heavy atom. The standard InChI is InChI=1S/C25H25N3O2/c1-16-5-7-20(8-6-16)25-12-21(25)14-28(15-25)24(30)23(29)27-22-10-19(11-22)18-4-2-3-17(9-18)13-26/h2-9,19,21-22H,10-12,14-15H2,1H3,(H,27,29)/t19?,21-,22?,25+/m0/s1. The van der Waals surface area contributed by atoms with Gasteiger partial charge in [-0.2, -0.15) is 5.26 Å². The van der Waals surface area contributed by atoms with Gasteiger partial charge in [-0.05, 0) is 61.3 Å². The molecule has 2 aromatic rings. The molecule has 5 heteroatoms. The number of aryl methyl sites for hydroxylation is 1.